The average Bonchev–Trinajstić information content (AvgIpc) is 3.10. The van der Waals surface area contributed by atoms with Gasteiger partial charge < -0.3 is 20.3 Å². The van der Waals surface area contributed by atoms with Crippen molar-refractivity contribution in [1.82, 2.24) is 15.5 Å². The summed E-state index contributed by atoms with van der Waals surface area (Å²) >= 11 is 0. The molecule has 1 aliphatic heterocycles. The fourth-order valence-electron chi connectivity index (χ4n) is 3.06. The molecule has 2 N–H and O–H groups in total. The molecule has 1 saturated heterocycles. The molecule has 0 spiro atoms. The van der Waals surface area contributed by atoms with Crippen LogP contribution in [0.25, 0.3) is 0 Å². The molecule has 1 aliphatic rings. The van der Waals surface area contributed by atoms with Crippen molar-refractivity contribution in [2.45, 2.75) is 46.2 Å². The predicted molar refractivity (Wildman–Crippen MR) is 125 cm³/mol. The van der Waals surface area contributed by atoms with E-state index in [4.69, 9.17) is 9.73 Å². The van der Waals surface area contributed by atoms with Gasteiger partial charge >= 0.3 is 0 Å². The fourth-order valence-corrected chi connectivity index (χ4v) is 3.06. The summed E-state index contributed by atoms with van der Waals surface area (Å²) < 4.78 is 5.47. The number of nitrogens with zero attached hydrogens (tertiary/aromatic N) is 2. The fraction of sp³-hybridized carbons (Fsp3) is 0.619. The van der Waals surface area contributed by atoms with Crippen molar-refractivity contribution in [2.75, 3.05) is 33.4 Å². The van der Waals surface area contributed by atoms with Gasteiger partial charge in [0.05, 0.1) is 13.2 Å². The van der Waals surface area contributed by atoms with Crippen LogP contribution in [0.1, 0.15) is 50.0 Å². The van der Waals surface area contributed by atoms with Crippen LogP contribution in [0.2, 0.25) is 0 Å². The lowest BCUT2D eigenvalue weighted by Crippen LogP contribution is -2.41. The van der Waals surface area contributed by atoms with Crippen LogP contribution in [0.5, 0.6) is 0 Å². The van der Waals surface area contributed by atoms with Gasteiger partial charge in [-0.15, -0.1) is 24.0 Å². The summed E-state index contributed by atoms with van der Waals surface area (Å²) in [5, 5.41) is 6.35. The van der Waals surface area contributed by atoms with Gasteiger partial charge in [-0.05, 0) is 51.8 Å². The van der Waals surface area contributed by atoms with E-state index >= 15 is 0 Å². The lowest BCUT2D eigenvalue weighted by molar-refractivity contribution is 0.0919. The molecular formula is C21H35IN4O2. The van der Waals surface area contributed by atoms with Gasteiger partial charge in [-0.25, -0.2) is 4.99 Å². The number of carbonyl (C=O) groups is 1. The first-order chi connectivity index (χ1) is 12.8. The summed E-state index contributed by atoms with van der Waals surface area (Å²) in [4.78, 5) is 19.3. The molecule has 0 saturated carbocycles. The Morgan fingerprint density at radius 1 is 1.36 bits per heavy atom. The number of benzene rings is 1. The topological polar surface area (TPSA) is 66.0 Å². The maximum atomic E-state index is 12.4. The highest BCUT2D eigenvalue weighted by Crippen LogP contribution is 2.14. The van der Waals surface area contributed by atoms with Gasteiger partial charge in [0.2, 0.25) is 0 Å². The standard InChI is InChI=1S/C21H34N4O2.HI/c1-6-22-20(25(5)14-17-10-11-27-15-17)23-13-16-8-7-9-18(12-16)19(26)24-21(2,3)4;/h7-9,12,17H,6,10-11,13-15H2,1-5H3,(H,22,23)(H,24,26);1H. The third-order valence-electron chi connectivity index (χ3n) is 4.34. The van der Waals surface area contributed by atoms with Crippen LogP contribution < -0.4 is 10.6 Å². The number of hydrogen-bond acceptors (Lipinski definition) is 3. The van der Waals surface area contributed by atoms with E-state index < -0.39 is 0 Å². The highest BCUT2D eigenvalue weighted by atomic mass is 127. The second kappa shape index (κ2) is 11.6. The lowest BCUT2D eigenvalue weighted by atomic mass is 10.1. The van der Waals surface area contributed by atoms with Crippen LogP contribution in [0.3, 0.4) is 0 Å². The maximum Gasteiger partial charge on any atom is 0.251 e. The van der Waals surface area contributed by atoms with Crippen LogP contribution in [0, 0.1) is 5.92 Å². The summed E-state index contributed by atoms with van der Waals surface area (Å²) in [6.45, 7) is 12.0. The van der Waals surface area contributed by atoms with Crippen molar-refractivity contribution in [3.63, 3.8) is 0 Å². The van der Waals surface area contributed by atoms with Crippen molar-refractivity contribution >= 4 is 35.8 Å². The monoisotopic (exact) mass is 502 g/mol. The molecular weight excluding hydrogens is 467 g/mol. The highest BCUT2D eigenvalue weighted by molar-refractivity contribution is 14.0. The van der Waals surface area contributed by atoms with E-state index in [1.54, 1.807) is 0 Å². The molecule has 1 heterocycles. The van der Waals surface area contributed by atoms with E-state index in [0.29, 0.717) is 18.0 Å². The number of nitrogens with one attached hydrogen (secondary N) is 2. The van der Waals surface area contributed by atoms with Gasteiger partial charge in [-0.1, -0.05) is 12.1 Å². The molecule has 1 fully saturated rings. The number of aliphatic imine (C=N–C) groups is 1. The summed E-state index contributed by atoms with van der Waals surface area (Å²) in [7, 11) is 2.06. The summed E-state index contributed by atoms with van der Waals surface area (Å²) in [5.74, 6) is 1.39. The van der Waals surface area contributed by atoms with E-state index in [-0.39, 0.29) is 35.4 Å². The molecule has 2 rings (SSSR count). The van der Waals surface area contributed by atoms with Gasteiger partial charge in [0.1, 0.15) is 0 Å². The van der Waals surface area contributed by atoms with Crippen molar-refractivity contribution in [3.8, 4) is 0 Å². The predicted octanol–water partition coefficient (Wildman–Crippen LogP) is 3.27. The average molecular weight is 502 g/mol. The van der Waals surface area contributed by atoms with Gasteiger partial charge in [0.25, 0.3) is 5.91 Å². The Kier molecular flexibility index (Phi) is 10.2. The Labute approximate surface area is 186 Å². The summed E-state index contributed by atoms with van der Waals surface area (Å²) in [6.07, 6.45) is 1.11. The number of amides is 1. The third-order valence-corrected chi connectivity index (χ3v) is 4.34. The zero-order valence-electron chi connectivity index (χ0n) is 17.7. The molecule has 1 aromatic carbocycles. The molecule has 0 bridgehead atoms. The Balaban J connectivity index is 0.00000392. The highest BCUT2D eigenvalue weighted by Gasteiger charge is 2.19. The number of carbonyl (C=O) groups excluding carboxylic acids is 1. The smallest absolute Gasteiger partial charge is 0.251 e. The Hall–Kier alpha value is -1.35. The minimum atomic E-state index is -0.254. The van der Waals surface area contributed by atoms with Gasteiger partial charge in [-0.2, -0.15) is 0 Å². The normalized spacial score (nSPS) is 17.0. The number of guanidine groups is 1. The molecule has 0 aromatic heterocycles. The molecule has 1 atom stereocenters. The zero-order chi connectivity index (χ0) is 19.9. The van der Waals surface area contributed by atoms with E-state index in [9.17, 15) is 4.79 Å². The van der Waals surface area contributed by atoms with E-state index in [1.807, 2.05) is 45.0 Å². The number of halogens is 1. The molecule has 1 aromatic rings. The molecule has 158 valence electrons. The summed E-state index contributed by atoms with van der Waals surface area (Å²) in [5.41, 5.74) is 1.43. The molecule has 28 heavy (non-hydrogen) atoms. The van der Waals surface area contributed by atoms with Crippen LogP contribution in [-0.4, -0.2) is 55.7 Å². The van der Waals surface area contributed by atoms with Crippen molar-refractivity contribution in [2.24, 2.45) is 10.9 Å². The molecule has 0 radical (unpaired) electrons. The number of hydrogen-bond donors (Lipinski definition) is 2. The molecule has 1 amide bonds. The molecule has 6 nitrogen and oxygen atoms in total. The van der Waals surface area contributed by atoms with E-state index in [2.05, 4.69) is 29.5 Å². The lowest BCUT2D eigenvalue weighted by Gasteiger charge is -2.24. The first-order valence-corrected chi connectivity index (χ1v) is 9.77. The van der Waals surface area contributed by atoms with Crippen molar-refractivity contribution < 1.29 is 9.53 Å². The molecule has 0 aliphatic carbocycles. The largest absolute Gasteiger partial charge is 0.381 e. The maximum absolute atomic E-state index is 12.4. The first-order valence-electron chi connectivity index (χ1n) is 9.77. The molecule has 7 heteroatoms. The Morgan fingerprint density at radius 3 is 2.71 bits per heavy atom. The number of rotatable bonds is 6. The second-order valence-corrected chi connectivity index (χ2v) is 8.18. The van der Waals surface area contributed by atoms with Crippen LogP contribution >= 0.6 is 24.0 Å². The van der Waals surface area contributed by atoms with Crippen LogP contribution in [-0.2, 0) is 11.3 Å². The van der Waals surface area contributed by atoms with Gasteiger partial charge in [0, 0.05) is 43.8 Å². The van der Waals surface area contributed by atoms with Crippen molar-refractivity contribution in [3.05, 3.63) is 35.4 Å². The third kappa shape index (κ3) is 8.34. The SMILES string of the molecule is CCNC(=NCc1cccc(C(=O)NC(C)(C)C)c1)N(C)CC1CCOC1.I. The number of ether oxygens (including phenoxy) is 1. The van der Waals surface area contributed by atoms with Crippen LogP contribution in [0.4, 0.5) is 0 Å². The summed E-state index contributed by atoms with van der Waals surface area (Å²) in [6, 6.07) is 7.67. The Morgan fingerprint density at radius 2 is 2.11 bits per heavy atom. The van der Waals surface area contributed by atoms with Crippen molar-refractivity contribution in [1.29, 1.82) is 0 Å². The minimum Gasteiger partial charge on any atom is -0.381 e. The van der Waals surface area contributed by atoms with Crippen LogP contribution in [0.15, 0.2) is 29.3 Å². The zero-order valence-corrected chi connectivity index (χ0v) is 20.1. The molecule has 1 unspecified atom stereocenters. The van der Waals surface area contributed by atoms with Gasteiger partial charge in [0.15, 0.2) is 5.96 Å². The van der Waals surface area contributed by atoms with E-state index in [1.165, 1.54) is 0 Å². The Bertz CT molecular complexity index is 652. The quantitative estimate of drug-likeness (QED) is 0.356. The van der Waals surface area contributed by atoms with E-state index in [0.717, 1.165) is 44.2 Å². The first kappa shape index (κ1) is 24.7. The van der Waals surface area contributed by atoms with Gasteiger partial charge in [-0.3, -0.25) is 4.79 Å². The minimum absolute atomic E-state index is 0. The second-order valence-electron chi connectivity index (χ2n) is 8.18.